The van der Waals surface area contributed by atoms with Crippen molar-refractivity contribution in [3.63, 3.8) is 0 Å². The lowest BCUT2D eigenvalue weighted by atomic mass is 10.2. The quantitative estimate of drug-likeness (QED) is 0.488. The van der Waals surface area contributed by atoms with E-state index in [1.807, 2.05) is 0 Å². The van der Waals surface area contributed by atoms with Crippen molar-refractivity contribution in [1.82, 2.24) is 0 Å². The molecule has 0 aromatic rings. The molecule has 3 nitrogen and oxygen atoms in total. The van der Waals surface area contributed by atoms with Gasteiger partial charge in [-0.05, 0) is 12.8 Å². The lowest BCUT2D eigenvalue weighted by molar-refractivity contribution is 0.146. The van der Waals surface area contributed by atoms with Gasteiger partial charge in [-0.1, -0.05) is 20.3 Å². The minimum atomic E-state index is 0.0153. The van der Waals surface area contributed by atoms with Crippen molar-refractivity contribution in [1.29, 1.82) is 0 Å². The van der Waals surface area contributed by atoms with Crippen LogP contribution in [0.5, 0.6) is 0 Å². The van der Waals surface area contributed by atoms with E-state index in [-0.39, 0.29) is 6.10 Å². The molecule has 0 bridgehead atoms. The molecule has 0 saturated carbocycles. The maximum absolute atomic E-state index is 5.73. The summed E-state index contributed by atoms with van der Waals surface area (Å²) in [6.07, 6.45) is 3.07. The maximum Gasteiger partial charge on any atom is 0.123 e. The standard InChI is InChI=1S/C9H20N2O/c1-4-6-8(12-3)9(10)11-7-5-2/h8H,4-7H2,1-3H3,(H2,10,11). The van der Waals surface area contributed by atoms with Crippen molar-refractivity contribution in [2.24, 2.45) is 10.7 Å². The molecule has 0 fully saturated rings. The molecule has 0 aliphatic heterocycles. The Morgan fingerprint density at radius 2 is 2.08 bits per heavy atom. The summed E-state index contributed by atoms with van der Waals surface area (Å²) in [6, 6.07) is 0. The first-order valence-electron chi connectivity index (χ1n) is 4.58. The summed E-state index contributed by atoms with van der Waals surface area (Å²) in [7, 11) is 1.68. The number of hydrogen-bond acceptors (Lipinski definition) is 2. The van der Waals surface area contributed by atoms with E-state index in [9.17, 15) is 0 Å². The van der Waals surface area contributed by atoms with Gasteiger partial charge in [0.05, 0.1) is 0 Å². The van der Waals surface area contributed by atoms with Gasteiger partial charge in [0.1, 0.15) is 11.9 Å². The second-order valence-corrected chi connectivity index (χ2v) is 2.82. The summed E-state index contributed by atoms with van der Waals surface area (Å²) < 4.78 is 5.19. The lowest BCUT2D eigenvalue weighted by Gasteiger charge is -2.13. The summed E-state index contributed by atoms with van der Waals surface area (Å²) in [5, 5.41) is 0. The number of amidine groups is 1. The highest BCUT2D eigenvalue weighted by atomic mass is 16.5. The van der Waals surface area contributed by atoms with Crippen LogP contribution in [0.25, 0.3) is 0 Å². The predicted octanol–water partition coefficient (Wildman–Crippen LogP) is 1.57. The molecule has 2 N–H and O–H groups in total. The van der Waals surface area contributed by atoms with E-state index in [1.54, 1.807) is 7.11 Å². The molecule has 0 aromatic heterocycles. The van der Waals surface area contributed by atoms with Gasteiger partial charge in [0.25, 0.3) is 0 Å². The highest BCUT2D eigenvalue weighted by Gasteiger charge is 2.09. The van der Waals surface area contributed by atoms with Crippen LogP contribution in [0, 0.1) is 0 Å². The molecule has 0 heterocycles. The van der Waals surface area contributed by atoms with Crippen LogP contribution in [-0.2, 0) is 4.74 Å². The van der Waals surface area contributed by atoms with Crippen LogP contribution in [0.15, 0.2) is 4.99 Å². The van der Waals surface area contributed by atoms with Crippen molar-refractivity contribution in [3.05, 3.63) is 0 Å². The maximum atomic E-state index is 5.73. The third-order valence-corrected chi connectivity index (χ3v) is 1.68. The highest BCUT2D eigenvalue weighted by Crippen LogP contribution is 2.00. The Morgan fingerprint density at radius 3 is 2.50 bits per heavy atom. The summed E-state index contributed by atoms with van der Waals surface area (Å²) in [5.74, 6) is 0.640. The zero-order chi connectivity index (χ0) is 9.40. The monoisotopic (exact) mass is 172 g/mol. The van der Waals surface area contributed by atoms with E-state index < -0.39 is 0 Å². The highest BCUT2D eigenvalue weighted by molar-refractivity contribution is 5.84. The van der Waals surface area contributed by atoms with Crippen molar-refractivity contribution in [2.45, 2.75) is 39.2 Å². The normalized spacial score (nSPS) is 14.8. The number of nitrogens with two attached hydrogens (primary N) is 1. The van der Waals surface area contributed by atoms with E-state index in [0.29, 0.717) is 5.84 Å². The molecule has 0 rings (SSSR count). The number of hydrogen-bond donors (Lipinski definition) is 1. The van der Waals surface area contributed by atoms with E-state index in [4.69, 9.17) is 10.5 Å². The first-order chi connectivity index (χ1) is 5.76. The Balaban J connectivity index is 3.91. The molecule has 1 atom stereocenters. The number of ether oxygens (including phenoxy) is 1. The zero-order valence-electron chi connectivity index (χ0n) is 8.34. The molecular weight excluding hydrogens is 152 g/mol. The predicted molar refractivity (Wildman–Crippen MR) is 52.5 cm³/mol. The zero-order valence-corrected chi connectivity index (χ0v) is 8.34. The minimum absolute atomic E-state index is 0.0153. The largest absolute Gasteiger partial charge is 0.385 e. The third-order valence-electron chi connectivity index (χ3n) is 1.68. The van der Waals surface area contributed by atoms with E-state index in [0.717, 1.165) is 25.8 Å². The average molecular weight is 172 g/mol. The molecule has 0 radical (unpaired) electrons. The summed E-state index contributed by atoms with van der Waals surface area (Å²) in [6.45, 7) is 4.99. The first kappa shape index (κ1) is 11.4. The van der Waals surface area contributed by atoms with Gasteiger partial charge in [-0.2, -0.15) is 0 Å². The van der Waals surface area contributed by atoms with Crippen molar-refractivity contribution in [2.75, 3.05) is 13.7 Å². The van der Waals surface area contributed by atoms with Gasteiger partial charge in [-0.3, -0.25) is 4.99 Å². The van der Waals surface area contributed by atoms with Crippen LogP contribution in [0.3, 0.4) is 0 Å². The molecule has 0 amide bonds. The van der Waals surface area contributed by atoms with Gasteiger partial charge in [-0.15, -0.1) is 0 Å². The molecule has 1 unspecified atom stereocenters. The van der Waals surface area contributed by atoms with Crippen LogP contribution in [0.2, 0.25) is 0 Å². The van der Waals surface area contributed by atoms with Gasteiger partial charge in [0.15, 0.2) is 0 Å². The third kappa shape index (κ3) is 4.34. The molecule has 0 spiro atoms. The van der Waals surface area contributed by atoms with Crippen LogP contribution in [0.4, 0.5) is 0 Å². The smallest absolute Gasteiger partial charge is 0.123 e. The lowest BCUT2D eigenvalue weighted by Crippen LogP contribution is -2.30. The molecule has 0 aromatic carbocycles. The van der Waals surface area contributed by atoms with Gasteiger partial charge in [0, 0.05) is 13.7 Å². The van der Waals surface area contributed by atoms with Crippen molar-refractivity contribution < 1.29 is 4.74 Å². The second kappa shape index (κ2) is 7.10. The Kier molecular flexibility index (Phi) is 6.76. The van der Waals surface area contributed by atoms with Crippen molar-refractivity contribution >= 4 is 5.84 Å². The second-order valence-electron chi connectivity index (χ2n) is 2.82. The number of nitrogens with zero attached hydrogens (tertiary/aromatic N) is 1. The van der Waals surface area contributed by atoms with Crippen LogP contribution >= 0.6 is 0 Å². The molecule has 72 valence electrons. The van der Waals surface area contributed by atoms with Crippen LogP contribution in [0.1, 0.15) is 33.1 Å². The molecule has 0 saturated heterocycles. The fraction of sp³-hybridized carbons (Fsp3) is 0.889. The Labute approximate surface area is 75.0 Å². The molecule has 0 aliphatic carbocycles. The fourth-order valence-corrected chi connectivity index (χ4v) is 0.991. The van der Waals surface area contributed by atoms with Gasteiger partial charge in [0.2, 0.25) is 0 Å². The summed E-state index contributed by atoms with van der Waals surface area (Å²) in [4.78, 5) is 4.20. The molecule has 3 heteroatoms. The SMILES string of the molecule is CCCN=C(N)C(CCC)OC. The van der Waals surface area contributed by atoms with E-state index in [2.05, 4.69) is 18.8 Å². The number of aliphatic imine (C=N–C) groups is 1. The minimum Gasteiger partial charge on any atom is -0.385 e. The Bertz CT molecular complexity index is 134. The number of rotatable bonds is 6. The summed E-state index contributed by atoms with van der Waals surface area (Å²) >= 11 is 0. The fourth-order valence-electron chi connectivity index (χ4n) is 0.991. The Morgan fingerprint density at radius 1 is 1.42 bits per heavy atom. The first-order valence-corrected chi connectivity index (χ1v) is 4.58. The molecule has 0 aliphatic rings. The summed E-state index contributed by atoms with van der Waals surface area (Å²) in [5.41, 5.74) is 5.73. The van der Waals surface area contributed by atoms with Crippen LogP contribution < -0.4 is 5.73 Å². The number of methoxy groups -OCH3 is 1. The average Bonchev–Trinajstić information content (AvgIpc) is 2.10. The molecule has 12 heavy (non-hydrogen) atoms. The Hall–Kier alpha value is -0.570. The van der Waals surface area contributed by atoms with Gasteiger partial charge in [-0.25, -0.2) is 0 Å². The van der Waals surface area contributed by atoms with Gasteiger partial charge < -0.3 is 10.5 Å². The van der Waals surface area contributed by atoms with E-state index in [1.165, 1.54) is 0 Å². The van der Waals surface area contributed by atoms with Crippen molar-refractivity contribution in [3.8, 4) is 0 Å². The molecular formula is C9H20N2O. The van der Waals surface area contributed by atoms with Gasteiger partial charge >= 0.3 is 0 Å². The van der Waals surface area contributed by atoms with Crippen LogP contribution in [-0.4, -0.2) is 25.6 Å². The van der Waals surface area contributed by atoms with E-state index >= 15 is 0 Å². The topological polar surface area (TPSA) is 47.6 Å².